The number of rotatable bonds is 2. The van der Waals surface area contributed by atoms with Gasteiger partial charge in [-0.15, -0.1) is 12.4 Å². The topological polar surface area (TPSA) is 37.3 Å². The molecule has 90 valence electrons. The van der Waals surface area contributed by atoms with Gasteiger partial charge in [-0.3, -0.25) is 4.79 Å². The minimum atomic E-state index is 0. The molecule has 1 fully saturated rings. The summed E-state index contributed by atoms with van der Waals surface area (Å²) >= 11 is 0. The zero-order valence-corrected chi connectivity index (χ0v) is 10.7. The Morgan fingerprint density at radius 3 is 2.50 bits per heavy atom. The monoisotopic (exact) mass is 243 g/mol. The van der Waals surface area contributed by atoms with Gasteiger partial charge in [-0.2, -0.15) is 0 Å². The molecule has 4 nitrogen and oxygen atoms in total. The third-order valence-electron chi connectivity index (χ3n) is 3.22. The molecule has 0 bridgehead atoms. The summed E-state index contributed by atoms with van der Waals surface area (Å²) in [5.74, 6) is 0.108. The number of aromatic nitrogens is 1. The van der Waals surface area contributed by atoms with E-state index in [2.05, 4.69) is 5.32 Å². The van der Waals surface area contributed by atoms with Crippen molar-refractivity contribution >= 4 is 18.3 Å². The van der Waals surface area contributed by atoms with Gasteiger partial charge in [-0.25, -0.2) is 0 Å². The van der Waals surface area contributed by atoms with E-state index in [-0.39, 0.29) is 18.3 Å². The fraction of sp³-hybridized carbons (Fsp3) is 0.545. The lowest BCUT2D eigenvalue weighted by atomic mass is 10.1. The Bertz CT molecular complexity index is 385. The van der Waals surface area contributed by atoms with Crippen molar-refractivity contribution in [1.82, 2.24) is 14.8 Å². The van der Waals surface area contributed by atoms with Crippen molar-refractivity contribution in [3.63, 3.8) is 0 Å². The quantitative estimate of drug-likeness (QED) is 0.835. The molecule has 1 aromatic rings. The summed E-state index contributed by atoms with van der Waals surface area (Å²) in [7, 11) is 3.80. The Hall–Kier alpha value is -1.00. The Labute approximate surface area is 102 Å². The van der Waals surface area contributed by atoms with Crippen LogP contribution >= 0.6 is 12.4 Å². The fourth-order valence-corrected chi connectivity index (χ4v) is 1.72. The van der Waals surface area contributed by atoms with Gasteiger partial charge >= 0.3 is 0 Å². The highest BCUT2D eigenvalue weighted by molar-refractivity contribution is 5.93. The van der Waals surface area contributed by atoms with E-state index in [1.807, 2.05) is 42.6 Å². The number of hydrogen-bond acceptors (Lipinski definition) is 2. The first-order valence-electron chi connectivity index (χ1n) is 5.21. The molecule has 0 unspecified atom stereocenters. The molecule has 2 heterocycles. The second-order valence-electron chi connectivity index (χ2n) is 4.15. The average Bonchev–Trinajstić information content (AvgIpc) is 2.44. The first kappa shape index (κ1) is 13.1. The average molecular weight is 244 g/mol. The van der Waals surface area contributed by atoms with Crippen molar-refractivity contribution in [3.8, 4) is 0 Å². The van der Waals surface area contributed by atoms with E-state index in [4.69, 9.17) is 0 Å². The van der Waals surface area contributed by atoms with Gasteiger partial charge in [0.15, 0.2) is 0 Å². The molecular formula is C11H18ClN3O. The summed E-state index contributed by atoms with van der Waals surface area (Å²) in [4.78, 5) is 13.9. The van der Waals surface area contributed by atoms with E-state index in [1.165, 1.54) is 0 Å². The van der Waals surface area contributed by atoms with Gasteiger partial charge < -0.3 is 14.8 Å². The van der Waals surface area contributed by atoms with Crippen molar-refractivity contribution in [1.29, 1.82) is 0 Å². The summed E-state index contributed by atoms with van der Waals surface area (Å²) in [6.07, 6.45) is 0. The van der Waals surface area contributed by atoms with Crippen LogP contribution in [0, 0.1) is 6.92 Å². The number of halogens is 1. The summed E-state index contributed by atoms with van der Waals surface area (Å²) in [5.41, 5.74) is 1.88. The molecule has 0 atom stereocenters. The van der Waals surface area contributed by atoms with Crippen LogP contribution in [0.5, 0.6) is 0 Å². The van der Waals surface area contributed by atoms with Gasteiger partial charge in [0, 0.05) is 32.9 Å². The first-order valence-corrected chi connectivity index (χ1v) is 5.21. The van der Waals surface area contributed by atoms with Crippen LogP contribution in [0.2, 0.25) is 0 Å². The van der Waals surface area contributed by atoms with Gasteiger partial charge in [0.2, 0.25) is 0 Å². The zero-order valence-electron chi connectivity index (χ0n) is 9.86. The van der Waals surface area contributed by atoms with Gasteiger partial charge in [0.1, 0.15) is 5.69 Å². The van der Waals surface area contributed by atoms with Crippen molar-refractivity contribution in [2.24, 2.45) is 7.05 Å². The molecule has 16 heavy (non-hydrogen) atoms. The maximum atomic E-state index is 12.1. The maximum Gasteiger partial charge on any atom is 0.270 e. The predicted molar refractivity (Wildman–Crippen MR) is 66.1 cm³/mol. The highest BCUT2D eigenvalue weighted by Gasteiger charge is 2.27. The molecule has 0 aromatic carbocycles. The third kappa shape index (κ3) is 2.08. The highest BCUT2D eigenvalue weighted by atomic mass is 35.5. The Kier molecular flexibility index (Phi) is 3.99. The SMILES string of the molecule is Cc1ccc(C(=O)N(C)C2CNC2)n1C.Cl. The van der Waals surface area contributed by atoms with Crippen molar-refractivity contribution in [2.75, 3.05) is 20.1 Å². The van der Waals surface area contributed by atoms with Crippen molar-refractivity contribution in [2.45, 2.75) is 13.0 Å². The van der Waals surface area contributed by atoms with E-state index >= 15 is 0 Å². The lowest BCUT2D eigenvalue weighted by Crippen LogP contribution is -2.57. The molecule has 1 N–H and O–H groups in total. The first-order chi connectivity index (χ1) is 7.11. The maximum absolute atomic E-state index is 12.1. The molecule has 1 aromatic heterocycles. The van der Waals surface area contributed by atoms with Crippen LogP contribution in [-0.2, 0) is 7.05 Å². The molecule has 5 heteroatoms. The van der Waals surface area contributed by atoms with Crippen LogP contribution in [0.1, 0.15) is 16.2 Å². The predicted octanol–water partition coefficient (Wildman–Crippen LogP) is 0.799. The van der Waals surface area contributed by atoms with E-state index in [1.54, 1.807) is 0 Å². The normalized spacial score (nSPS) is 15.2. The molecule has 1 aliphatic rings. The number of nitrogens with zero attached hydrogens (tertiary/aromatic N) is 2. The van der Waals surface area contributed by atoms with Gasteiger partial charge in [-0.1, -0.05) is 0 Å². The second-order valence-corrected chi connectivity index (χ2v) is 4.15. The number of carbonyl (C=O) groups is 1. The summed E-state index contributed by atoms with van der Waals surface area (Å²) in [6, 6.07) is 4.22. The Morgan fingerprint density at radius 1 is 1.50 bits per heavy atom. The van der Waals surface area contributed by atoms with Gasteiger partial charge in [0.25, 0.3) is 5.91 Å². The number of likely N-dealkylation sites (N-methyl/N-ethyl adjacent to an activating group) is 1. The number of carbonyl (C=O) groups excluding carboxylic acids is 1. The largest absolute Gasteiger partial charge is 0.344 e. The van der Waals surface area contributed by atoms with E-state index in [9.17, 15) is 4.79 Å². The number of amides is 1. The van der Waals surface area contributed by atoms with E-state index in [0.29, 0.717) is 6.04 Å². The highest BCUT2D eigenvalue weighted by Crippen LogP contribution is 2.11. The van der Waals surface area contributed by atoms with Crippen LogP contribution in [-0.4, -0.2) is 41.6 Å². The van der Waals surface area contributed by atoms with Crippen LogP contribution in [0.4, 0.5) is 0 Å². The van der Waals surface area contributed by atoms with Crippen LogP contribution in [0.3, 0.4) is 0 Å². The number of nitrogens with one attached hydrogen (secondary N) is 1. The molecule has 0 spiro atoms. The summed E-state index contributed by atoms with van der Waals surface area (Å²) < 4.78 is 1.94. The van der Waals surface area contributed by atoms with Gasteiger partial charge in [0.05, 0.1) is 6.04 Å². The molecule has 0 saturated carbocycles. The molecular weight excluding hydrogens is 226 g/mol. The fourth-order valence-electron chi connectivity index (χ4n) is 1.72. The minimum Gasteiger partial charge on any atom is -0.344 e. The van der Waals surface area contributed by atoms with Crippen LogP contribution in [0.15, 0.2) is 12.1 Å². The number of hydrogen-bond donors (Lipinski definition) is 1. The lowest BCUT2D eigenvalue weighted by Gasteiger charge is -2.35. The molecule has 0 aliphatic carbocycles. The smallest absolute Gasteiger partial charge is 0.270 e. The molecule has 1 saturated heterocycles. The van der Waals surface area contributed by atoms with Crippen molar-refractivity contribution < 1.29 is 4.79 Å². The zero-order chi connectivity index (χ0) is 11.0. The second kappa shape index (κ2) is 4.89. The summed E-state index contributed by atoms with van der Waals surface area (Å²) in [5, 5.41) is 3.17. The minimum absolute atomic E-state index is 0. The van der Waals surface area contributed by atoms with E-state index < -0.39 is 0 Å². The lowest BCUT2D eigenvalue weighted by molar-refractivity contribution is 0.0671. The van der Waals surface area contributed by atoms with Gasteiger partial charge in [-0.05, 0) is 19.1 Å². The Morgan fingerprint density at radius 2 is 2.12 bits per heavy atom. The van der Waals surface area contributed by atoms with Crippen LogP contribution < -0.4 is 5.32 Å². The van der Waals surface area contributed by atoms with Crippen molar-refractivity contribution in [3.05, 3.63) is 23.5 Å². The standard InChI is InChI=1S/C11H17N3O.ClH/c1-8-4-5-10(13(8)2)11(15)14(3)9-6-12-7-9;/h4-5,9,12H,6-7H2,1-3H3;1H. The Balaban J connectivity index is 0.00000128. The molecule has 0 radical (unpaired) electrons. The molecule has 1 amide bonds. The third-order valence-corrected chi connectivity index (χ3v) is 3.22. The van der Waals surface area contributed by atoms with E-state index in [0.717, 1.165) is 24.5 Å². The molecule has 1 aliphatic heterocycles. The van der Waals surface area contributed by atoms with Crippen LogP contribution in [0.25, 0.3) is 0 Å². The number of aryl methyl sites for hydroxylation is 1. The summed E-state index contributed by atoms with van der Waals surface area (Å²) in [6.45, 7) is 3.82. The molecule has 2 rings (SSSR count).